The van der Waals surface area contributed by atoms with Crippen LogP contribution < -0.4 is 20.1 Å². The summed E-state index contributed by atoms with van der Waals surface area (Å²) in [4.78, 5) is 25.6. The predicted molar refractivity (Wildman–Crippen MR) is 147 cm³/mol. The molecule has 2 heterocycles. The summed E-state index contributed by atoms with van der Waals surface area (Å²) >= 11 is 7.04. The van der Waals surface area contributed by atoms with E-state index >= 15 is 0 Å². The maximum absolute atomic E-state index is 13.3. The van der Waals surface area contributed by atoms with E-state index in [0.717, 1.165) is 10.0 Å². The third-order valence-corrected chi connectivity index (χ3v) is 8.09. The lowest BCUT2D eigenvalue weighted by Gasteiger charge is -2.26. The number of nitrogens with one attached hydrogen (secondary N) is 2. The van der Waals surface area contributed by atoms with E-state index in [1.807, 2.05) is 44.2 Å². The number of hydrogen-bond donors (Lipinski definition) is 2. The molecular weight excluding hydrogens is 606 g/mol. The standard InChI is InChI=1S/C27H25Br2N3O5/c1-3-36-22-13-17(12-20(29)24(22)37-14-16-8-10-18(28)11-9-16)23-15(2)31-27(25(23)32(34)35)19-6-4-5-7-21(19)30-26(27)33/h4-13,15,23,25,31H,3,14H2,1-2H3,(H,30,33)/t15-,23-,25+,27-/m0/s1. The van der Waals surface area contributed by atoms with Crippen molar-refractivity contribution in [1.82, 2.24) is 5.32 Å². The van der Waals surface area contributed by atoms with Gasteiger partial charge in [0.25, 0.3) is 11.9 Å². The average molecular weight is 631 g/mol. The van der Waals surface area contributed by atoms with Crippen LogP contribution in [-0.4, -0.2) is 29.5 Å². The Kier molecular flexibility index (Phi) is 6.99. The van der Waals surface area contributed by atoms with Gasteiger partial charge in [0.15, 0.2) is 17.0 Å². The van der Waals surface area contributed by atoms with E-state index < -0.39 is 23.4 Å². The molecular formula is C27H25Br2N3O5. The second-order valence-corrected chi connectivity index (χ2v) is 10.9. The van der Waals surface area contributed by atoms with Crippen LogP contribution in [0.5, 0.6) is 11.5 Å². The molecule has 2 N–H and O–H groups in total. The van der Waals surface area contributed by atoms with Gasteiger partial charge in [0.05, 0.1) is 17.0 Å². The van der Waals surface area contributed by atoms with Crippen LogP contribution in [0.3, 0.4) is 0 Å². The van der Waals surface area contributed by atoms with Gasteiger partial charge in [-0.05, 0) is 71.2 Å². The van der Waals surface area contributed by atoms with Crippen molar-refractivity contribution in [3.8, 4) is 11.5 Å². The zero-order valence-corrected chi connectivity index (χ0v) is 23.3. The topological polar surface area (TPSA) is 103 Å². The van der Waals surface area contributed by atoms with Gasteiger partial charge < -0.3 is 14.8 Å². The molecule has 1 amide bonds. The van der Waals surface area contributed by atoms with E-state index in [2.05, 4.69) is 42.5 Å². The minimum absolute atomic E-state index is 0.324. The highest BCUT2D eigenvalue weighted by Crippen LogP contribution is 2.51. The molecule has 4 atom stereocenters. The molecule has 10 heteroatoms. The van der Waals surface area contributed by atoms with Crippen LogP contribution in [-0.2, 0) is 16.9 Å². The number of nitrogens with zero attached hydrogens (tertiary/aromatic N) is 1. The molecule has 1 spiro atoms. The second kappa shape index (κ2) is 10.1. The van der Waals surface area contributed by atoms with Crippen LogP contribution in [0.15, 0.2) is 69.6 Å². The lowest BCUT2D eigenvalue weighted by atomic mass is 9.78. The highest BCUT2D eigenvalue weighted by atomic mass is 79.9. The third kappa shape index (κ3) is 4.41. The van der Waals surface area contributed by atoms with Crippen LogP contribution in [0.2, 0.25) is 0 Å². The Hall–Kier alpha value is -2.95. The third-order valence-electron chi connectivity index (χ3n) is 6.98. The number of nitro groups is 1. The summed E-state index contributed by atoms with van der Waals surface area (Å²) < 4.78 is 13.6. The van der Waals surface area contributed by atoms with E-state index in [0.29, 0.717) is 46.0 Å². The summed E-state index contributed by atoms with van der Waals surface area (Å²) in [6.45, 7) is 4.45. The van der Waals surface area contributed by atoms with Crippen molar-refractivity contribution in [2.75, 3.05) is 11.9 Å². The van der Waals surface area contributed by atoms with E-state index in [1.165, 1.54) is 0 Å². The highest BCUT2D eigenvalue weighted by Gasteiger charge is 2.67. The number of halogens is 2. The fraction of sp³-hybridized carbons (Fsp3) is 0.296. The first-order valence-electron chi connectivity index (χ1n) is 11.9. The van der Waals surface area contributed by atoms with Gasteiger partial charge in [0.2, 0.25) is 0 Å². The van der Waals surface area contributed by atoms with Crippen molar-refractivity contribution in [3.05, 3.63) is 96.4 Å². The average Bonchev–Trinajstić information content (AvgIpc) is 3.33. The number of carbonyl (C=O) groups is 1. The monoisotopic (exact) mass is 629 g/mol. The summed E-state index contributed by atoms with van der Waals surface area (Å²) in [5, 5.41) is 18.7. The van der Waals surface area contributed by atoms with Crippen LogP contribution in [0.4, 0.5) is 5.69 Å². The van der Waals surface area contributed by atoms with Crippen molar-refractivity contribution in [1.29, 1.82) is 0 Å². The summed E-state index contributed by atoms with van der Waals surface area (Å²) in [5.74, 6) is -0.0230. The Morgan fingerprint density at radius 2 is 1.81 bits per heavy atom. The van der Waals surface area contributed by atoms with Gasteiger partial charge >= 0.3 is 0 Å². The summed E-state index contributed by atoms with van der Waals surface area (Å²) in [6, 6.07) is 17.0. The molecule has 3 aromatic carbocycles. The maximum atomic E-state index is 13.3. The Bertz CT molecular complexity index is 1370. The van der Waals surface area contributed by atoms with Crippen LogP contribution >= 0.6 is 31.9 Å². The van der Waals surface area contributed by atoms with E-state index in [9.17, 15) is 14.9 Å². The molecule has 37 heavy (non-hydrogen) atoms. The number of para-hydroxylation sites is 1. The number of benzene rings is 3. The molecule has 2 aliphatic rings. The Balaban J connectivity index is 1.54. The summed E-state index contributed by atoms with van der Waals surface area (Å²) in [7, 11) is 0. The Labute approximate surface area is 231 Å². The maximum Gasteiger partial charge on any atom is 0.256 e. The molecule has 0 aliphatic carbocycles. The zero-order valence-electron chi connectivity index (χ0n) is 20.2. The molecule has 0 unspecified atom stereocenters. The van der Waals surface area contributed by atoms with Crippen LogP contribution in [0, 0.1) is 10.1 Å². The Morgan fingerprint density at radius 1 is 1.08 bits per heavy atom. The second-order valence-electron chi connectivity index (χ2n) is 9.17. The smallest absolute Gasteiger partial charge is 0.256 e. The largest absolute Gasteiger partial charge is 0.490 e. The van der Waals surface area contributed by atoms with Gasteiger partial charge in [-0.25, -0.2) is 0 Å². The number of rotatable bonds is 7. The van der Waals surface area contributed by atoms with Crippen LogP contribution in [0.1, 0.15) is 36.5 Å². The van der Waals surface area contributed by atoms with Gasteiger partial charge in [0, 0.05) is 26.7 Å². The number of anilines is 1. The van der Waals surface area contributed by atoms with Gasteiger partial charge in [-0.3, -0.25) is 20.2 Å². The molecule has 0 bridgehead atoms. The molecule has 2 aliphatic heterocycles. The number of fused-ring (bicyclic) bond motifs is 2. The summed E-state index contributed by atoms with van der Waals surface area (Å²) in [6.07, 6.45) is 0. The van der Waals surface area contributed by atoms with Gasteiger partial charge in [-0.15, -0.1) is 0 Å². The molecule has 0 radical (unpaired) electrons. The van der Waals surface area contributed by atoms with E-state index in [1.54, 1.807) is 30.3 Å². The van der Waals surface area contributed by atoms with Crippen molar-refractivity contribution in [2.45, 2.75) is 44.0 Å². The SMILES string of the molecule is CCOc1cc([C@@H]2[C@H](C)N[C@]3(C(=O)Nc4ccccc43)[C@@H]2[N+](=O)[O-])cc(Br)c1OCc1ccc(Br)cc1. The molecule has 0 aromatic heterocycles. The molecule has 0 saturated carbocycles. The zero-order chi connectivity index (χ0) is 26.3. The number of ether oxygens (including phenoxy) is 2. The normalized spacial score (nSPS) is 24.1. The minimum Gasteiger partial charge on any atom is -0.490 e. The first-order valence-corrected chi connectivity index (χ1v) is 13.5. The quantitative estimate of drug-likeness (QED) is 0.254. The lowest BCUT2D eigenvalue weighted by molar-refractivity contribution is -0.532. The molecule has 5 rings (SSSR count). The number of amides is 1. The van der Waals surface area contributed by atoms with E-state index in [-0.39, 0.29) is 11.0 Å². The first-order chi connectivity index (χ1) is 17.8. The molecule has 3 aromatic rings. The number of hydrogen-bond acceptors (Lipinski definition) is 6. The van der Waals surface area contributed by atoms with Gasteiger partial charge in [-0.2, -0.15) is 0 Å². The summed E-state index contributed by atoms with van der Waals surface area (Å²) in [5.41, 5.74) is 1.37. The van der Waals surface area contributed by atoms with Crippen molar-refractivity contribution >= 4 is 43.5 Å². The fourth-order valence-electron chi connectivity index (χ4n) is 5.47. The van der Waals surface area contributed by atoms with Crippen molar-refractivity contribution in [3.63, 3.8) is 0 Å². The van der Waals surface area contributed by atoms with Crippen molar-refractivity contribution < 1.29 is 19.2 Å². The predicted octanol–water partition coefficient (Wildman–Crippen LogP) is 5.76. The first kappa shape index (κ1) is 25.7. The van der Waals surface area contributed by atoms with Gasteiger partial charge in [-0.1, -0.05) is 46.3 Å². The fourth-order valence-corrected chi connectivity index (χ4v) is 6.31. The molecule has 8 nitrogen and oxygen atoms in total. The van der Waals surface area contributed by atoms with Crippen molar-refractivity contribution in [2.24, 2.45) is 0 Å². The number of carbonyl (C=O) groups excluding carboxylic acids is 1. The molecule has 192 valence electrons. The molecule has 1 saturated heterocycles. The van der Waals surface area contributed by atoms with Gasteiger partial charge in [0.1, 0.15) is 6.61 Å². The lowest BCUT2D eigenvalue weighted by Crippen LogP contribution is -2.54. The Morgan fingerprint density at radius 3 is 2.51 bits per heavy atom. The van der Waals surface area contributed by atoms with E-state index in [4.69, 9.17) is 9.47 Å². The highest BCUT2D eigenvalue weighted by molar-refractivity contribution is 9.10. The molecule has 1 fully saturated rings. The van der Waals surface area contributed by atoms with Crippen LogP contribution in [0.25, 0.3) is 0 Å². The minimum atomic E-state index is -1.47.